The Labute approximate surface area is 185 Å². The third-order valence-electron chi connectivity index (χ3n) is 4.97. The number of thiazole rings is 1. The summed E-state index contributed by atoms with van der Waals surface area (Å²) in [7, 11) is 0. The van der Waals surface area contributed by atoms with Gasteiger partial charge in [0.2, 0.25) is 0 Å². The fraction of sp³-hybridized carbons (Fsp3) is 0.318. The fourth-order valence-electron chi connectivity index (χ4n) is 3.42. The SMILES string of the molecule is Cc1cccc(N=c2scc(-c3ccc(Cl)cc3Cl)n2CCN2CCOCC2)c1. The summed E-state index contributed by atoms with van der Waals surface area (Å²) in [5.41, 5.74) is 4.20. The van der Waals surface area contributed by atoms with Gasteiger partial charge in [-0.25, -0.2) is 4.99 Å². The minimum Gasteiger partial charge on any atom is -0.379 e. The lowest BCUT2D eigenvalue weighted by atomic mass is 10.1. The molecule has 0 N–H and O–H groups in total. The van der Waals surface area contributed by atoms with Gasteiger partial charge in [0, 0.05) is 42.1 Å². The molecule has 2 aromatic carbocycles. The molecule has 1 aliphatic rings. The van der Waals surface area contributed by atoms with Crippen molar-refractivity contribution in [3.63, 3.8) is 0 Å². The predicted octanol–water partition coefficient (Wildman–Crippen LogP) is 5.40. The van der Waals surface area contributed by atoms with Crippen LogP contribution in [0.2, 0.25) is 10.0 Å². The monoisotopic (exact) mass is 447 g/mol. The molecule has 1 saturated heterocycles. The smallest absolute Gasteiger partial charge is 0.190 e. The molecular formula is C22H23Cl2N3OS. The van der Waals surface area contributed by atoms with Gasteiger partial charge in [0.25, 0.3) is 0 Å². The zero-order chi connectivity index (χ0) is 20.2. The summed E-state index contributed by atoms with van der Waals surface area (Å²) in [6, 6.07) is 13.9. The quantitative estimate of drug-likeness (QED) is 0.524. The maximum atomic E-state index is 6.52. The van der Waals surface area contributed by atoms with Crippen molar-refractivity contribution in [3.05, 3.63) is 68.3 Å². The van der Waals surface area contributed by atoms with Crippen molar-refractivity contribution in [3.8, 4) is 11.3 Å². The first-order chi connectivity index (χ1) is 14.1. The molecule has 1 fully saturated rings. The molecule has 3 aromatic rings. The van der Waals surface area contributed by atoms with Crippen LogP contribution in [0.5, 0.6) is 0 Å². The van der Waals surface area contributed by atoms with Crippen LogP contribution in [-0.2, 0) is 11.3 Å². The normalized spacial score (nSPS) is 15.8. The molecule has 4 rings (SSSR count). The zero-order valence-electron chi connectivity index (χ0n) is 16.3. The highest BCUT2D eigenvalue weighted by Gasteiger charge is 2.15. The van der Waals surface area contributed by atoms with Crippen LogP contribution in [0.15, 0.2) is 52.8 Å². The molecule has 1 aromatic heterocycles. The Kier molecular flexibility index (Phi) is 6.73. The van der Waals surface area contributed by atoms with Crippen molar-refractivity contribution in [1.29, 1.82) is 0 Å². The third-order valence-corrected chi connectivity index (χ3v) is 6.39. The van der Waals surface area contributed by atoms with Gasteiger partial charge >= 0.3 is 0 Å². The summed E-state index contributed by atoms with van der Waals surface area (Å²) < 4.78 is 7.74. The van der Waals surface area contributed by atoms with Crippen molar-refractivity contribution >= 4 is 40.2 Å². The van der Waals surface area contributed by atoms with Gasteiger partial charge in [-0.05, 0) is 42.8 Å². The van der Waals surface area contributed by atoms with Crippen LogP contribution in [0, 0.1) is 6.92 Å². The molecule has 0 saturated carbocycles. The van der Waals surface area contributed by atoms with Crippen molar-refractivity contribution in [2.75, 3.05) is 32.8 Å². The minimum absolute atomic E-state index is 0.638. The summed E-state index contributed by atoms with van der Waals surface area (Å²) in [5, 5.41) is 3.42. The topological polar surface area (TPSA) is 29.8 Å². The van der Waals surface area contributed by atoms with Crippen molar-refractivity contribution in [1.82, 2.24) is 9.47 Å². The van der Waals surface area contributed by atoms with Gasteiger partial charge in [-0.15, -0.1) is 11.3 Å². The highest BCUT2D eigenvalue weighted by Crippen LogP contribution is 2.31. The Morgan fingerprint density at radius 2 is 1.90 bits per heavy atom. The number of ether oxygens (including phenoxy) is 1. The zero-order valence-corrected chi connectivity index (χ0v) is 18.6. The van der Waals surface area contributed by atoms with E-state index in [9.17, 15) is 0 Å². The first-order valence-electron chi connectivity index (χ1n) is 9.65. The average Bonchev–Trinajstić information content (AvgIpc) is 3.09. The van der Waals surface area contributed by atoms with Crippen LogP contribution in [0.25, 0.3) is 11.3 Å². The van der Waals surface area contributed by atoms with Crippen LogP contribution in [0.3, 0.4) is 0 Å². The lowest BCUT2D eigenvalue weighted by Gasteiger charge is -2.27. The third kappa shape index (κ3) is 5.11. The summed E-state index contributed by atoms with van der Waals surface area (Å²) in [6.45, 7) is 7.38. The van der Waals surface area contributed by atoms with Gasteiger partial charge in [-0.1, -0.05) is 35.3 Å². The maximum Gasteiger partial charge on any atom is 0.190 e. The van der Waals surface area contributed by atoms with E-state index in [0.717, 1.165) is 61.1 Å². The molecule has 0 aliphatic carbocycles. The first-order valence-corrected chi connectivity index (χ1v) is 11.3. The van der Waals surface area contributed by atoms with Crippen LogP contribution in [-0.4, -0.2) is 42.3 Å². The number of halogens is 2. The van der Waals surface area contributed by atoms with Gasteiger partial charge < -0.3 is 9.30 Å². The van der Waals surface area contributed by atoms with Crippen LogP contribution in [0.1, 0.15) is 5.56 Å². The first kappa shape index (κ1) is 20.6. The number of benzene rings is 2. The van der Waals surface area contributed by atoms with E-state index in [-0.39, 0.29) is 0 Å². The molecule has 0 unspecified atom stereocenters. The molecule has 152 valence electrons. The Balaban J connectivity index is 1.73. The molecule has 0 radical (unpaired) electrons. The number of rotatable bonds is 5. The van der Waals surface area contributed by atoms with Crippen molar-refractivity contribution < 1.29 is 4.74 Å². The largest absolute Gasteiger partial charge is 0.379 e. The van der Waals surface area contributed by atoms with Gasteiger partial charge in [-0.2, -0.15) is 0 Å². The molecular weight excluding hydrogens is 425 g/mol. The molecule has 1 aliphatic heterocycles. The Bertz CT molecular complexity index is 1050. The standard InChI is InChI=1S/C22H23Cl2N3OS/c1-16-3-2-4-18(13-16)25-22-27(8-7-26-9-11-28-12-10-26)21(15-29-22)19-6-5-17(23)14-20(19)24/h2-6,13-15H,7-12H2,1H3. The summed E-state index contributed by atoms with van der Waals surface area (Å²) in [4.78, 5) is 8.32. The summed E-state index contributed by atoms with van der Waals surface area (Å²) in [5.74, 6) is 0. The number of nitrogens with zero attached hydrogens (tertiary/aromatic N) is 3. The van der Waals surface area contributed by atoms with Gasteiger partial charge in [-0.3, -0.25) is 4.90 Å². The number of aryl methyl sites for hydroxylation is 1. The van der Waals surface area contributed by atoms with E-state index in [1.165, 1.54) is 5.56 Å². The van der Waals surface area contributed by atoms with E-state index >= 15 is 0 Å². The van der Waals surface area contributed by atoms with E-state index in [1.807, 2.05) is 24.3 Å². The highest BCUT2D eigenvalue weighted by atomic mass is 35.5. The Hall–Kier alpha value is -1.63. The molecule has 7 heteroatoms. The second-order valence-electron chi connectivity index (χ2n) is 7.08. The average molecular weight is 448 g/mol. The van der Waals surface area contributed by atoms with Crippen LogP contribution >= 0.6 is 34.5 Å². The number of hydrogen-bond donors (Lipinski definition) is 0. The van der Waals surface area contributed by atoms with Crippen LogP contribution < -0.4 is 4.80 Å². The minimum atomic E-state index is 0.638. The molecule has 0 atom stereocenters. The number of morpholine rings is 1. The lowest BCUT2D eigenvalue weighted by molar-refractivity contribution is 0.0363. The fourth-order valence-corrected chi connectivity index (χ4v) is 4.87. The predicted molar refractivity (Wildman–Crippen MR) is 121 cm³/mol. The van der Waals surface area contributed by atoms with E-state index in [1.54, 1.807) is 17.4 Å². The van der Waals surface area contributed by atoms with Gasteiger partial charge in [0.1, 0.15) is 0 Å². The van der Waals surface area contributed by atoms with E-state index in [4.69, 9.17) is 32.9 Å². The molecule has 4 nitrogen and oxygen atoms in total. The summed E-state index contributed by atoms with van der Waals surface area (Å²) in [6.07, 6.45) is 0. The second kappa shape index (κ2) is 9.45. The van der Waals surface area contributed by atoms with E-state index < -0.39 is 0 Å². The van der Waals surface area contributed by atoms with Crippen LogP contribution in [0.4, 0.5) is 5.69 Å². The van der Waals surface area contributed by atoms with Crippen molar-refractivity contribution in [2.24, 2.45) is 4.99 Å². The lowest BCUT2D eigenvalue weighted by Crippen LogP contribution is -2.39. The van der Waals surface area contributed by atoms with E-state index in [2.05, 4.69) is 33.9 Å². The van der Waals surface area contributed by atoms with Crippen molar-refractivity contribution in [2.45, 2.75) is 13.5 Å². The van der Waals surface area contributed by atoms with Gasteiger partial charge in [0.05, 0.1) is 29.6 Å². The van der Waals surface area contributed by atoms with Gasteiger partial charge in [0.15, 0.2) is 4.80 Å². The Morgan fingerprint density at radius 1 is 1.07 bits per heavy atom. The highest BCUT2D eigenvalue weighted by molar-refractivity contribution is 7.07. The second-order valence-corrected chi connectivity index (χ2v) is 8.76. The molecule has 2 heterocycles. The summed E-state index contributed by atoms with van der Waals surface area (Å²) >= 11 is 14.3. The number of hydrogen-bond acceptors (Lipinski definition) is 4. The van der Waals surface area contributed by atoms with E-state index in [0.29, 0.717) is 10.0 Å². The number of aromatic nitrogens is 1. The maximum absolute atomic E-state index is 6.52. The molecule has 0 spiro atoms. The Morgan fingerprint density at radius 3 is 2.66 bits per heavy atom. The molecule has 0 bridgehead atoms. The molecule has 0 amide bonds. The molecule has 29 heavy (non-hydrogen) atoms.